The zero-order valence-electron chi connectivity index (χ0n) is 15.3. The highest BCUT2D eigenvalue weighted by molar-refractivity contribution is 7.10. The Balaban J connectivity index is 1.75. The van der Waals surface area contributed by atoms with Crippen molar-refractivity contribution in [1.82, 2.24) is 4.90 Å². The minimum absolute atomic E-state index is 0.509. The van der Waals surface area contributed by atoms with Crippen molar-refractivity contribution in [3.8, 4) is 11.5 Å². The molecule has 136 valence electrons. The summed E-state index contributed by atoms with van der Waals surface area (Å²) in [6.45, 7) is 5.41. The lowest BCUT2D eigenvalue weighted by Crippen LogP contribution is -2.33. The Morgan fingerprint density at radius 2 is 2.04 bits per heavy atom. The number of fused-ring (bicyclic) bond motifs is 1. The molecule has 0 bridgehead atoms. The molecule has 0 unspecified atom stereocenters. The van der Waals surface area contributed by atoms with Gasteiger partial charge in [-0.25, -0.2) is 0 Å². The number of benzene rings is 1. The third kappa shape index (κ3) is 4.17. The van der Waals surface area contributed by atoms with Crippen LogP contribution in [-0.4, -0.2) is 38.9 Å². The van der Waals surface area contributed by atoms with Crippen LogP contribution in [0.3, 0.4) is 0 Å². The molecule has 0 aliphatic carbocycles. The molecular formula is C20H27NO3S. The standard InChI is InChI=1S/C20H27NO3S/c1-4-17-16-8-12-25-20(16)7-9-21(17)14-15-5-6-18(23-3)19(13-15)24-11-10-22-2/h5-6,8,12-13,17H,4,7,9-11,14H2,1-3H3/t17-/m1/s1. The van der Waals surface area contributed by atoms with E-state index in [0.29, 0.717) is 19.3 Å². The Morgan fingerprint density at radius 1 is 1.16 bits per heavy atom. The van der Waals surface area contributed by atoms with Crippen molar-refractivity contribution in [3.63, 3.8) is 0 Å². The number of ether oxygens (including phenoxy) is 3. The zero-order valence-corrected chi connectivity index (χ0v) is 16.1. The molecule has 3 rings (SSSR count). The summed E-state index contributed by atoms with van der Waals surface area (Å²) in [7, 11) is 3.35. The number of methoxy groups -OCH3 is 2. The van der Waals surface area contributed by atoms with Crippen molar-refractivity contribution in [2.45, 2.75) is 32.4 Å². The van der Waals surface area contributed by atoms with Gasteiger partial charge in [0.2, 0.25) is 0 Å². The van der Waals surface area contributed by atoms with E-state index in [9.17, 15) is 0 Å². The van der Waals surface area contributed by atoms with Crippen molar-refractivity contribution >= 4 is 11.3 Å². The molecule has 5 heteroatoms. The molecule has 2 heterocycles. The molecule has 4 nitrogen and oxygen atoms in total. The van der Waals surface area contributed by atoms with Gasteiger partial charge in [0.15, 0.2) is 11.5 Å². The molecule has 1 aliphatic rings. The van der Waals surface area contributed by atoms with E-state index in [1.807, 2.05) is 17.4 Å². The molecule has 0 fully saturated rings. The third-order valence-electron chi connectivity index (χ3n) is 4.75. The first-order valence-corrected chi connectivity index (χ1v) is 9.73. The van der Waals surface area contributed by atoms with Crippen LogP contribution in [0.2, 0.25) is 0 Å². The number of rotatable bonds is 8. The Hall–Kier alpha value is -1.56. The van der Waals surface area contributed by atoms with Gasteiger partial charge in [-0.15, -0.1) is 11.3 Å². The molecule has 1 aliphatic heterocycles. The lowest BCUT2D eigenvalue weighted by atomic mass is 9.97. The molecule has 0 spiro atoms. The van der Waals surface area contributed by atoms with Gasteiger partial charge < -0.3 is 14.2 Å². The minimum atomic E-state index is 0.509. The van der Waals surface area contributed by atoms with Crippen LogP contribution in [0.1, 0.15) is 35.4 Å². The van der Waals surface area contributed by atoms with E-state index in [1.165, 1.54) is 11.1 Å². The maximum absolute atomic E-state index is 5.83. The predicted molar refractivity (Wildman–Crippen MR) is 102 cm³/mol. The molecule has 1 aromatic carbocycles. The molecule has 0 saturated carbocycles. The van der Waals surface area contributed by atoms with Crippen molar-refractivity contribution in [2.24, 2.45) is 0 Å². The molecule has 1 atom stereocenters. The van der Waals surface area contributed by atoms with Crippen LogP contribution in [-0.2, 0) is 17.7 Å². The van der Waals surface area contributed by atoms with E-state index in [0.717, 1.165) is 37.4 Å². The summed E-state index contributed by atoms with van der Waals surface area (Å²) < 4.78 is 16.3. The molecule has 0 radical (unpaired) electrons. The van der Waals surface area contributed by atoms with Gasteiger partial charge in [-0.3, -0.25) is 4.90 Å². The third-order valence-corrected chi connectivity index (χ3v) is 5.75. The van der Waals surface area contributed by atoms with Crippen LogP contribution in [0.4, 0.5) is 0 Å². The van der Waals surface area contributed by atoms with Gasteiger partial charge in [-0.05, 0) is 47.5 Å². The average molecular weight is 362 g/mol. The highest BCUT2D eigenvalue weighted by Gasteiger charge is 2.27. The van der Waals surface area contributed by atoms with E-state index in [2.05, 4.69) is 35.4 Å². The van der Waals surface area contributed by atoms with E-state index in [1.54, 1.807) is 19.1 Å². The normalized spacial score (nSPS) is 17.3. The van der Waals surface area contributed by atoms with E-state index >= 15 is 0 Å². The topological polar surface area (TPSA) is 30.9 Å². The smallest absolute Gasteiger partial charge is 0.161 e. The number of nitrogens with zero attached hydrogens (tertiary/aromatic N) is 1. The van der Waals surface area contributed by atoms with Gasteiger partial charge in [-0.2, -0.15) is 0 Å². The number of hydrogen-bond acceptors (Lipinski definition) is 5. The van der Waals surface area contributed by atoms with Gasteiger partial charge in [-0.1, -0.05) is 13.0 Å². The molecular weight excluding hydrogens is 334 g/mol. The van der Waals surface area contributed by atoms with Crippen LogP contribution >= 0.6 is 11.3 Å². The monoisotopic (exact) mass is 361 g/mol. The summed E-state index contributed by atoms with van der Waals surface area (Å²) in [6, 6.07) is 9.05. The quantitative estimate of drug-likeness (QED) is 0.656. The summed E-state index contributed by atoms with van der Waals surface area (Å²) in [6.07, 6.45) is 2.29. The number of thiophene rings is 1. The van der Waals surface area contributed by atoms with Crippen molar-refractivity contribution in [3.05, 3.63) is 45.6 Å². The van der Waals surface area contributed by atoms with Gasteiger partial charge in [0.1, 0.15) is 6.61 Å². The van der Waals surface area contributed by atoms with E-state index in [4.69, 9.17) is 14.2 Å². The maximum atomic E-state index is 5.83. The fourth-order valence-corrected chi connectivity index (χ4v) is 4.45. The lowest BCUT2D eigenvalue weighted by Gasteiger charge is -2.35. The summed E-state index contributed by atoms with van der Waals surface area (Å²) in [5.74, 6) is 1.56. The average Bonchev–Trinajstić information content (AvgIpc) is 3.11. The van der Waals surface area contributed by atoms with Crippen LogP contribution in [0.15, 0.2) is 29.6 Å². The Morgan fingerprint density at radius 3 is 2.80 bits per heavy atom. The lowest BCUT2D eigenvalue weighted by molar-refractivity contribution is 0.143. The fraction of sp³-hybridized carbons (Fsp3) is 0.500. The first-order valence-electron chi connectivity index (χ1n) is 8.85. The van der Waals surface area contributed by atoms with Crippen molar-refractivity contribution < 1.29 is 14.2 Å². The van der Waals surface area contributed by atoms with Gasteiger partial charge in [0, 0.05) is 31.1 Å². The number of hydrogen-bond donors (Lipinski definition) is 0. The van der Waals surface area contributed by atoms with Crippen molar-refractivity contribution in [2.75, 3.05) is 34.0 Å². The van der Waals surface area contributed by atoms with Crippen LogP contribution in [0, 0.1) is 0 Å². The first-order chi connectivity index (χ1) is 12.3. The molecule has 1 aromatic heterocycles. The van der Waals surface area contributed by atoms with Gasteiger partial charge in [0.25, 0.3) is 0 Å². The molecule has 0 saturated heterocycles. The summed E-state index contributed by atoms with van der Waals surface area (Å²) >= 11 is 1.90. The summed E-state index contributed by atoms with van der Waals surface area (Å²) in [5.41, 5.74) is 2.77. The Labute approximate surface area is 154 Å². The second-order valence-electron chi connectivity index (χ2n) is 6.27. The second kappa shape index (κ2) is 8.70. The Bertz CT molecular complexity index is 685. The van der Waals surface area contributed by atoms with Crippen LogP contribution in [0.5, 0.6) is 11.5 Å². The summed E-state index contributed by atoms with van der Waals surface area (Å²) in [4.78, 5) is 4.14. The van der Waals surface area contributed by atoms with Gasteiger partial charge in [0.05, 0.1) is 13.7 Å². The highest BCUT2D eigenvalue weighted by Crippen LogP contribution is 2.37. The molecule has 0 N–H and O–H groups in total. The predicted octanol–water partition coefficient (Wildman–Crippen LogP) is 4.29. The highest BCUT2D eigenvalue weighted by atomic mass is 32.1. The van der Waals surface area contributed by atoms with E-state index in [-0.39, 0.29) is 0 Å². The molecule has 25 heavy (non-hydrogen) atoms. The largest absolute Gasteiger partial charge is 0.493 e. The maximum Gasteiger partial charge on any atom is 0.161 e. The van der Waals surface area contributed by atoms with Crippen molar-refractivity contribution in [1.29, 1.82) is 0 Å². The summed E-state index contributed by atoms with van der Waals surface area (Å²) in [5, 5.41) is 2.23. The SMILES string of the molecule is CC[C@@H]1c2ccsc2CCN1Cc1ccc(OC)c(OCCOC)c1. The molecule has 2 aromatic rings. The minimum Gasteiger partial charge on any atom is -0.493 e. The Kier molecular flexibility index (Phi) is 6.34. The fourth-order valence-electron chi connectivity index (χ4n) is 3.52. The second-order valence-corrected chi connectivity index (χ2v) is 7.27. The first kappa shape index (κ1) is 18.2. The van der Waals surface area contributed by atoms with Crippen LogP contribution < -0.4 is 9.47 Å². The van der Waals surface area contributed by atoms with E-state index < -0.39 is 0 Å². The van der Waals surface area contributed by atoms with Gasteiger partial charge >= 0.3 is 0 Å². The zero-order chi connectivity index (χ0) is 17.6. The van der Waals surface area contributed by atoms with Crippen LogP contribution in [0.25, 0.3) is 0 Å². The molecule has 0 amide bonds.